The van der Waals surface area contributed by atoms with Crippen LogP contribution in [0.5, 0.6) is 5.75 Å². The van der Waals surface area contributed by atoms with Gasteiger partial charge in [-0.15, -0.1) is 0 Å². The van der Waals surface area contributed by atoms with Gasteiger partial charge >= 0.3 is 0 Å². The zero-order chi connectivity index (χ0) is 21.8. The molecule has 0 radical (unpaired) electrons. The summed E-state index contributed by atoms with van der Waals surface area (Å²) in [6, 6.07) is 15.9. The molecular formula is C25H28N4O2. The lowest BCUT2D eigenvalue weighted by atomic mass is 9.81. The van der Waals surface area contributed by atoms with E-state index in [0.717, 1.165) is 41.7 Å². The van der Waals surface area contributed by atoms with Crippen molar-refractivity contribution in [2.24, 2.45) is 22.6 Å². The van der Waals surface area contributed by atoms with Crippen molar-refractivity contribution in [3.05, 3.63) is 53.6 Å². The van der Waals surface area contributed by atoms with Crippen LogP contribution in [0.25, 0.3) is 11.1 Å². The van der Waals surface area contributed by atoms with Gasteiger partial charge in [0, 0.05) is 13.5 Å². The lowest BCUT2D eigenvalue weighted by Crippen LogP contribution is -2.47. The van der Waals surface area contributed by atoms with Gasteiger partial charge in [-0.05, 0) is 66.5 Å². The Bertz CT molecular complexity index is 1100. The van der Waals surface area contributed by atoms with Crippen molar-refractivity contribution in [3.63, 3.8) is 0 Å². The van der Waals surface area contributed by atoms with E-state index in [1.807, 2.05) is 36.4 Å². The third-order valence-electron chi connectivity index (χ3n) is 7.07. The van der Waals surface area contributed by atoms with E-state index in [4.69, 9.17) is 20.3 Å². The first kappa shape index (κ1) is 19.9. The summed E-state index contributed by atoms with van der Waals surface area (Å²) in [6.45, 7) is 4.57. The monoisotopic (exact) mass is 416 g/mol. The van der Waals surface area contributed by atoms with Crippen molar-refractivity contribution in [2.75, 3.05) is 7.05 Å². The van der Waals surface area contributed by atoms with E-state index in [1.165, 1.54) is 0 Å². The van der Waals surface area contributed by atoms with E-state index in [2.05, 4.69) is 26.0 Å². The predicted octanol–water partition coefficient (Wildman–Crippen LogP) is 4.55. The van der Waals surface area contributed by atoms with Crippen LogP contribution in [0, 0.1) is 23.2 Å². The predicted molar refractivity (Wildman–Crippen MR) is 119 cm³/mol. The third kappa shape index (κ3) is 3.24. The molecule has 2 N–H and O–H groups in total. The van der Waals surface area contributed by atoms with Crippen LogP contribution >= 0.6 is 0 Å². The van der Waals surface area contributed by atoms with Crippen molar-refractivity contribution in [2.45, 2.75) is 50.9 Å². The molecule has 0 saturated heterocycles. The average molecular weight is 417 g/mol. The molecule has 0 amide bonds. The molecule has 1 saturated carbocycles. The quantitative estimate of drug-likeness (QED) is 0.777. The molecule has 2 heterocycles. The molecule has 1 fully saturated rings. The second-order valence-electron chi connectivity index (χ2n) is 9.46. The molecule has 6 nitrogen and oxygen atoms in total. The maximum Gasteiger partial charge on any atom is 0.222 e. The zero-order valence-corrected chi connectivity index (χ0v) is 18.3. The van der Waals surface area contributed by atoms with Crippen LogP contribution in [0.3, 0.4) is 0 Å². The minimum Gasteiger partial charge on any atom is -0.487 e. The number of aliphatic imine (C=N–C) groups is 1. The van der Waals surface area contributed by atoms with Crippen molar-refractivity contribution in [1.82, 2.24) is 5.06 Å². The first-order valence-corrected chi connectivity index (χ1v) is 11.0. The topological polar surface area (TPSA) is 83.9 Å². The average Bonchev–Trinajstić information content (AvgIpc) is 3.28. The summed E-state index contributed by atoms with van der Waals surface area (Å²) in [5.74, 6) is 2.43. The van der Waals surface area contributed by atoms with Crippen LogP contribution in [0.2, 0.25) is 0 Å². The molecule has 0 aromatic heterocycles. The smallest absolute Gasteiger partial charge is 0.222 e. The van der Waals surface area contributed by atoms with E-state index < -0.39 is 5.72 Å². The van der Waals surface area contributed by atoms with Gasteiger partial charge in [0.25, 0.3) is 0 Å². The molecule has 3 aliphatic rings. The maximum absolute atomic E-state index is 9.28. The van der Waals surface area contributed by atoms with Gasteiger partial charge in [-0.3, -0.25) is 0 Å². The van der Waals surface area contributed by atoms with Crippen molar-refractivity contribution < 1.29 is 9.57 Å². The normalized spacial score (nSPS) is 29.2. The van der Waals surface area contributed by atoms with E-state index in [0.29, 0.717) is 29.8 Å². The second kappa shape index (κ2) is 7.00. The number of ether oxygens (including phenoxy) is 1. The van der Waals surface area contributed by atoms with Gasteiger partial charge in [0.2, 0.25) is 11.7 Å². The van der Waals surface area contributed by atoms with Crippen molar-refractivity contribution >= 4 is 5.96 Å². The summed E-state index contributed by atoms with van der Waals surface area (Å²) in [5.41, 5.74) is 8.47. The second-order valence-corrected chi connectivity index (χ2v) is 9.46. The van der Waals surface area contributed by atoms with Crippen LogP contribution in [-0.4, -0.2) is 23.7 Å². The Labute approximate surface area is 183 Å². The van der Waals surface area contributed by atoms with Gasteiger partial charge in [-0.25, -0.2) is 14.9 Å². The highest BCUT2D eigenvalue weighted by Gasteiger charge is 2.56. The molecule has 2 aromatic carbocycles. The Balaban J connectivity index is 1.60. The third-order valence-corrected chi connectivity index (χ3v) is 7.07. The van der Waals surface area contributed by atoms with E-state index in [-0.39, 0.29) is 5.60 Å². The summed E-state index contributed by atoms with van der Waals surface area (Å²) in [6.07, 6.45) is 3.78. The lowest BCUT2D eigenvalue weighted by Gasteiger charge is -2.43. The summed E-state index contributed by atoms with van der Waals surface area (Å²) >= 11 is 0. The number of fused-ring (bicyclic) bond motifs is 2. The first-order chi connectivity index (χ1) is 14.8. The van der Waals surface area contributed by atoms with Crippen LogP contribution in [0.15, 0.2) is 47.5 Å². The molecule has 1 aliphatic carbocycles. The highest BCUT2D eigenvalue weighted by molar-refractivity contribution is 5.79. The highest BCUT2D eigenvalue weighted by Crippen LogP contribution is 2.56. The van der Waals surface area contributed by atoms with Gasteiger partial charge in [0.05, 0.1) is 17.2 Å². The largest absolute Gasteiger partial charge is 0.487 e. The first-order valence-electron chi connectivity index (χ1n) is 11.0. The highest BCUT2D eigenvalue weighted by atomic mass is 16.7. The Hall–Kier alpha value is -3.04. The molecule has 2 spiro atoms. The summed E-state index contributed by atoms with van der Waals surface area (Å²) in [4.78, 5) is 11.1. The van der Waals surface area contributed by atoms with Crippen LogP contribution in [0.1, 0.15) is 50.7 Å². The van der Waals surface area contributed by atoms with Gasteiger partial charge in [-0.1, -0.05) is 32.0 Å². The Morgan fingerprint density at radius 1 is 1.23 bits per heavy atom. The number of nitrogens with zero attached hydrogens (tertiary/aromatic N) is 3. The summed E-state index contributed by atoms with van der Waals surface area (Å²) in [5, 5.41) is 10.8. The Morgan fingerprint density at radius 3 is 2.71 bits per heavy atom. The van der Waals surface area contributed by atoms with Crippen LogP contribution in [0.4, 0.5) is 0 Å². The number of rotatable bonds is 2. The van der Waals surface area contributed by atoms with Gasteiger partial charge in [-0.2, -0.15) is 5.26 Å². The number of guanidine groups is 1. The molecule has 0 bridgehead atoms. The summed E-state index contributed by atoms with van der Waals surface area (Å²) in [7, 11) is 1.79. The number of hydroxylamine groups is 2. The van der Waals surface area contributed by atoms with Crippen molar-refractivity contribution in [1.29, 1.82) is 5.26 Å². The van der Waals surface area contributed by atoms with E-state index in [1.54, 1.807) is 12.1 Å². The number of hydrogen-bond acceptors (Lipinski definition) is 6. The molecule has 6 heteroatoms. The fraction of sp³-hybridized carbons (Fsp3) is 0.440. The van der Waals surface area contributed by atoms with Gasteiger partial charge in [0.15, 0.2) is 0 Å². The lowest BCUT2D eigenvalue weighted by molar-refractivity contribution is -0.203. The number of benzene rings is 2. The van der Waals surface area contributed by atoms with Crippen molar-refractivity contribution in [3.8, 4) is 22.9 Å². The van der Waals surface area contributed by atoms with Crippen LogP contribution < -0.4 is 10.5 Å². The van der Waals surface area contributed by atoms with Gasteiger partial charge in [0.1, 0.15) is 11.4 Å². The Morgan fingerprint density at radius 2 is 2.03 bits per heavy atom. The minimum absolute atomic E-state index is 0.293. The summed E-state index contributed by atoms with van der Waals surface area (Å²) < 4.78 is 6.69. The van der Waals surface area contributed by atoms with E-state index in [9.17, 15) is 5.26 Å². The Kier molecular flexibility index (Phi) is 4.49. The molecular weight excluding hydrogens is 388 g/mol. The number of hydrogen-bond donors (Lipinski definition) is 1. The van der Waals surface area contributed by atoms with Gasteiger partial charge < -0.3 is 10.5 Å². The minimum atomic E-state index is -0.888. The molecule has 160 valence electrons. The fourth-order valence-electron chi connectivity index (χ4n) is 5.36. The molecule has 2 aromatic rings. The van der Waals surface area contributed by atoms with Crippen LogP contribution in [-0.2, 0) is 10.6 Å². The number of nitrogens with two attached hydrogens (primary N) is 1. The zero-order valence-electron chi connectivity index (χ0n) is 18.3. The fourth-order valence-corrected chi connectivity index (χ4v) is 5.36. The molecule has 3 atom stereocenters. The molecule has 2 aliphatic heterocycles. The number of nitriles is 1. The standard InChI is InChI=1S/C25H28N4O2/c1-16(2)20-9-10-24(13-20)15-25(28-23(27)29(3)31-25)21-12-19(7-8-22(21)30-24)18-6-4-5-17(11-18)14-26/h4-8,11-12,16,20H,9-10,13,15H2,1-3H3,(H2,27,28). The molecule has 5 rings (SSSR count). The maximum atomic E-state index is 9.28. The molecule has 31 heavy (non-hydrogen) atoms. The molecule has 3 unspecified atom stereocenters. The SMILES string of the molecule is CC(C)C1CCC2(C1)CC1(N=C(N)N(C)O1)c1cc(-c3cccc(C#N)c3)ccc1O2. The van der Waals surface area contributed by atoms with E-state index >= 15 is 0 Å².